The molecule has 0 saturated heterocycles. The normalized spacial score (nSPS) is 18.3. The number of fused-ring (bicyclic) bond motifs is 1. The van der Waals surface area contributed by atoms with Gasteiger partial charge in [0.05, 0.1) is 6.04 Å². The van der Waals surface area contributed by atoms with E-state index in [0.29, 0.717) is 0 Å². The number of nitrogens with zero attached hydrogens (tertiary/aromatic N) is 1. The molecule has 1 aromatic carbocycles. The molecule has 0 bridgehead atoms. The van der Waals surface area contributed by atoms with Crippen molar-refractivity contribution < 1.29 is 4.39 Å². The number of allylic oxidation sites excluding steroid dienone is 3. The molecular weight excluding hydrogens is 299 g/mol. The first-order valence-corrected chi connectivity index (χ1v) is 8.18. The van der Waals surface area contributed by atoms with Gasteiger partial charge < -0.3 is 5.32 Å². The molecule has 1 aliphatic carbocycles. The molecule has 1 atom stereocenters. The topological polar surface area (TPSA) is 24.4 Å². The average molecular weight is 324 g/mol. The third-order valence-electron chi connectivity index (χ3n) is 4.17. The standard InChI is InChI=1S/C21H25FN2/c1-6-15(5)10-20(14(3)4)21(23-7-2)24-19-12-16-8-9-18(22)11-17(16)13-19/h6-11,19H,2-3,12-13H2,1,4-5H3,(H,23,24)/b15-6-,20-10+. The molecule has 2 rings (SSSR count). The number of amidine groups is 1. The van der Waals surface area contributed by atoms with E-state index < -0.39 is 0 Å². The average Bonchev–Trinajstić information content (AvgIpc) is 2.93. The van der Waals surface area contributed by atoms with Crippen molar-refractivity contribution in [1.82, 2.24) is 5.32 Å². The van der Waals surface area contributed by atoms with E-state index in [2.05, 4.69) is 24.6 Å². The van der Waals surface area contributed by atoms with E-state index in [1.54, 1.807) is 12.3 Å². The van der Waals surface area contributed by atoms with Gasteiger partial charge in [0, 0.05) is 5.57 Å². The summed E-state index contributed by atoms with van der Waals surface area (Å²) < 4.78 is 13.4. The van der Waals surface area contributed by atoms with Gasteiger partial charge in [-0.25, -0.2) is 4.39 Å². The van der Waals surface area contributed by atoms with E-state index in [4.69, 9.17) is 4.99 Å². The first kappa shape index (κ1) is 17.9. The molecule has 1 aromatic rings. The van der Waals surface area contributed by atoms with Crippen molar-refractivity contribution in [1.29, 1.82) is 0 Å². The zero-order valence-corrected chi connectivity index (χ0v) is 14.7. The summed E-state index contributed by atoms with van der Waals surface area (Å²) in [7, 11) is 0. The van der Waals surface area contributed by atoms with Gasteiger partial charge in [0.15, 0.2) is 0 Å². The van der Waals surface area contributed by atoms with E-state index in [-0.39, 0.29) is 11.9 Å². The Morgan fingerprint density at radius 1 is 1.29 bits per heavy atom. The Bertz CT molecular complexity index is 738. The fraction of sp³-hybridized carbons (Fsp3) is 0.286. The SMILES string of the molecule is C=CNC(=NC1Cc2ccc(F)cc2C1)/C(=C/C(C)=C\C)C(=C)C. The van der Waals surface area contributed by atoms with Crippen LogP contribution in [-0.4, -0.2) is 11.9 Å². The second-order valence-corrected chi connectivity index (χ2v) is 6.17. The molecule has 1 unspecified atom stereocenters. The molecule has 0 saturated carbocycles. The smallest absolute Gasteiger partial charge is 0.132 e. The molecule has 126 valence electrons. The Morgan fingerprint density at radius 2 is 2.00 bits per heavy atom. The predicted octanol–water partition coefficient (Wildman–Crippen LogP) is 4.89. The summed E-state index contributed by atoms with van der Waals surface area (Å²) in [5.41, 5.74) is 5.27. The number of benzene rings is 1. The van der Waals surface area contributed by atoms with Crippen molar-refractivity contribution in [3.63, 3.8) is 0 Å². The molecule has 0 fully saturated rings. The van der Waals surface area contributed by atoms with Crippen molar-refractivity contribution in [3.05, 3.63) is 83.4 Å². The van der Waals surface area contributed by atoms with Crippen LogP contribution in [0.4, 0.5) is 4.39 Å². The minimum atomic E-state index is -0.186. The third-order valence-corrected chi connectivity index (χ3v) is 4.17. The molecule has 1 N–H and O–H groups in total. The van der Waals surface area contributed by atoms with Crippen molar-refractivity contribution in [2.75, 3.05) is 0 Å². The van der Waals surface area contributed by atoms with Crippen LogP contribution in [-0.2, 0) is 12.8 Å². The van der Waals surface area contributed by atoms with E-state index in [0.717, 1.165) is 41.0 Å². The van der Waals surface area contributed by atoms with Crippen molar-refractivity contribution in [3.8, 4) is 0 Å². The molecule has 0 spiro atoms. The van der Waals surface area contributed by atoms with Gasteiger partial charge in [0.25, 0.3) is 0 Å². The summed E-state index contributed by atoms with van der Waals surface area (Å²) >= 11 is 0. The van der Waals surface area contributed by atoms with Crippen LogP contribution in [0.1, 0.15) is 31.9 Å². The monoisotopic (exact) mass is 324 g/mol. The van der Waals surface area contributed by atoms with Gasteiger partial charge in [0.2, 0.25) is 0 Å². The number of halogens is 1. The lowest BCUT2D eigenvalue weighted by Gasteiger charge is -2.14. The minimum Gasteiger partial charge on any atom is -0.347 e. The van der Waals surface area contributed by atoms with Crippen LogP contribution in [0.15, 0.2) is 71.4 Å². The minimum absolute atomic E-state index is 0.0953. The second-order valence-electron chi connectivity index (χ2n) is 6.17. The van der Waals surface area contributed by atoms with Crippen molar-refractivity contribution >= 4 is 5.84 Å². The largest absolute Gasteiger partial charge is 0.347 e. The molecule has 24 heavy (non-hydrogen) atoms. The highest BCUT2D eigenvalue weighted by Gasteiger charge is 2.22. The molecule has 0 aromatic heterocycles. The van der Waals surface area contributed by atoms with Crippen LogP contribution in [0, 0.1) is 5.82 Å². The van der Waals surface area contributed by atoms with Gasteiger partial charge in [-0.3, -0.25) is 4.99 Å². The maximum atomic E-state index is 13.4. The van der Waals surface area contributed by atoms with Gasteiger partial charge in [0.1, 0.15) is 11.7 Å². The van der Waals surface area contributed by atoms with Crippen LogP contribution in [0.5, 0.6) is 0 Å². The quantitative estimate of drug-likeness (QED) is 0.465. The number of hydrogen-bond donors (Lipinski definition) is 1. The van der Waals surface area contributed by atoms with Crippen LogP contribution >= 0.6 is 0 Å². The van der Waals surface area contributed by atoms with Crippen LogP contribution in [0.3, 0.4) is 0 Å². The fourth-order valence-electron chi connectivity index (χ4n) is 2.82. The van der Waals surface area contributed by atoms with Gasteiger partial charge in [-0.1, -0.05) is 30.9 Å². The van der Waals surface area contributed by atoms with Crippen LogP contribution < -0.4 is 5.32 Å². The Morgan fingerprint density at radius 3 is 2.62 bits per heavy atom. The molecular formula is C21H25FN2. The van der Waals surface area contributed by atoms with Crippen molar-refractivity contribution in [2.45, 2.75) is 39.7 Å². The molecule has 0 amide bonds. The van der Waals surface area contributed by atoms with Gasteiger partial charge in [-0.15, -0.1) is 0 Å². The first-order valence-electron chi connectivity index (χ1n) is 8.18. The summed E-state index contributed by atoms with van der Waals surface area (Å²) in [5.74, 6) is 0.575. The zero-order chi connectivity index (χ0) is 17.7. The Labute approximate surface area is 144 Å². The number of rotatable bonds is 5. The molecule has 2 nitrogen and oxygen atoms in total. The van der Waals surface area contributed by atoms with Gasteiger partial charge in [-0.2, -0.15) is 0 Å². The first-order chi connectivity index (χ1) is 11.4. The van der Waals surface area contributed by atoms with Gasteiger partial charge >= 0.3 is 0 Å². The van der Waals surface area contributed by atoms with Crippen molar-refractivity contribution in [2.24, 2.45) is 4.99 Å². The van der Waals surface area contributed by atoms with Gasteiger partial charge in [-0.05, 0) is 74.7 Å². The predicted molar refractivity (Wildman–Crippen MR) is 101 cm³/mol. The third kappa shape index (κ3) is 4.31. The second kappa shape index (κ2) is 7.91. The summed E-state index contributed by atoms with van der Waals surface area (Å²) in [6, 6.07) is 5.09. The lowest BCUT2D eigenvalue weighted by Crippen LogP contribution is -2.23. The molecule has 1 aliphatic rings. The highest BCUT2D eigenvalue weighted by molar-refractivity contribution is 6.03. The van der Waals surface area contributed by atoms with Crippen LogP contribution in [0.2, 0.25) is 0 Å². The number of aliphatic imine (C=N–C) groups is 1. The number of hydrogen-bond acceptors (Lipinski definition) is 1. The Balaban J connectivity index is 2.33. The fourth-order valence-corrected chi connectivity index (χ4v) is 2.82. The summed E-state index contributed by atoms with van der Waals surface area (Å²) in [6.07, 6.45) is 7.32. The summed E-state index contributed by atoms with van der Waals surface area (Å²) in [5, 5.41) is 3.14. The highest BCUT2D eigenvalue weighted by atomic mass is 19.1. The Kier molecular flexibility index (Phi) is 5.91. The highest BCUT2D eigenvalue weighted by Crippen LogP contribution is 2.26. The zero-order valence-electron chi connectivity index (χ0n) is 14.7. The van der Waals surface area contributed by atoms with E-state index in [1.165, 1.54) is 11.6 Å². The molecule has 3 heteroatoms. The van der Waals surface area contributed by atoms with E-state index >= 15 is 0 Å². The molecule has 0 aliphatic heterocycles. The summed E-state index contributed by atoms with van der Waals surface area (Å²) in [6.45, 7) is 13.8. The van der Waals surface area contributed by atoms with E-state index in [1.807, 2.05) is 32.9 Å². The summed E-state index contributed by atoms with van der Waals surface area (Å²) in [4.78, 5) is 4.87. The lowest BCUT2D eigenvalue weighted by molar-refractivity contribution is 0.625. The maximum absolute atomic E-state index is 13.4. The maximum Gasteiger partial charge on any atom is 0.132 e. The lowest BCUT2D eigenvalue weighted by atomic mass is 10.0. The molecule has 0 heterocycles. The molecule has 0 radical (unpaired) electrons. The Hall–Kier alpha value is -2.42. The number of nitrogens with one attached hydrogen (secondary N) is 1. The van der Waals surface area contributed by atoms with E-state index in [9.17, 15) is 4.39 Å². The van der Waals surface area contributed by atoms with Crippen LogP contribution in [0.25, 0.3) is 0 Å².